The fourth-order valence-corrected chi connectivity index (χ4v) is 16.7. The summed E-state index contributed by atoms with van der Waals surface area (Å²) in [6, 6.07) is 104. The lowest BCUT2D eigenvalue weighted by Gasteiger charge is -2.18. The van der Waals surface area contributed by atoms with Crippen molar-refractivity contribution in [1.29, 1.82) is 0 Å². The van der Waals surface area contributed by atoms with Crippen LogP contribution in [0.5, 0.6) is 5.75 Å². The van der Waals surface area contributed by atoms with Crippen molar-refractivity contribution in [3.8, 4) is 5.75 Å². The van der Waals surface area contributed by atoms with E-state index in [1.54, 1.807) is 18.4 Å². The molecule has 0 atom stereocenters. The van der Waals surface area contributed by atoms with Gasteiger partial charge in [-0.1, -0.05) is 322 Å². The molecule has 0 amide bonds. The Labute approximate surface area is 843 Å². The zero-order chi connectivity index (χ0) is 101. The van der Waals surface area contributed by atoms with Gasteiger partial charge in [0, 0.05) is 115 Å². The van der Waals surface area contributed by atoms with Gasteiger partial charge in [-0.05, 0) is 278 Å². The summed E-state index contributed by atoms with van der Waals surface area (Å²) < 4.78 is 12.7. The molecule has 1 aliphatic carbocycles. The highest BCUT2D eigenvalue weighted by atomic mass is 16.5. The maximum absolute atomic E-state index is 11.5. The molecule has 20 aromatic rings. The van der Waals surface area contributed by atoms with E-state index in [0.29, 0.717) is 65.1 Å². The zero-order valence-electron chi connectivity index (χ0n) is 87.6. The SMILES string of the molecule is CC(C)c1c[nH]c2ccccc12.CC(C)c1ccc2c(c1)C=CC2.CC(C)c1ccc2c(c1)OCCC2.CC(C)c1ccc2c(ccc[n+]2[O-])c1.CC(C)c1ccc2ccc[n+]([O-])c2c1.CC(C)c1ccc2ccccc2n1.CC(C)c1ccc2cccnc2c1.CC(C)c1ccc2ncccc2c1.CC(C)c1ccc2occc2c1.CC(C)c1cccc2ncccc12.CC(C)c1cnc2ccccc2c1. The number of benzene rings is 11. The maximum Gasteiger partial charge on any atom is 0.224 e. The average molecular weight is 1880 g/mol. The Morgan fingerprint density at radius 3 is 1.46 bits per heavy atom. The number of furan rings is 1. The summed E-state index contributed by atoms with van der Waals surface area (Å²) in [7, 11) is 0. The Morgan fingerprint density at radius 2 is 0.789 bits per heavy atom. The van der Waals surface area contributed by atoms with Crippen molar-refractivity contribution < 1.29 is 18.6 Å². The topological polar surface area (TPSA) is 156 Å². The van der Waals surface area contributed by atoms with Gasteiger partial charge in [-0.2, -0.15) is 9.46 Å². The third kappa shape index (κ3) is 30.0. The van der Waals surface area contributed by atoms with Crippen molar-refractivity contribution in [1.82, 2.24) is 29.9 Å². The number of hydrogen-bond acceptors (Lipinski definition) is 9. The molecule has 11 aromatic carbocycles. The van der Waals surface area contributed by atoms with E-state index in [0.717, 1.165) is 89.6 Å². The van der Waals surface area contributed by atoms with E-state index in [-0.39, 0.29) is 0 Å². The van der Waals surface area contributed by atoms with Crippen LogP contribution in [0.1, 0.15) is 302 Å². The van der Waals surface area contributed by atoms with Gasteiger partial charge in [0.05, 0.1) is 40.5 Å². The first-order valence-electron chi connectivity index (χ1n) is 50.9. The molecular formula is C130H146N8O4. The fraction of sp³-hybridized carbons (Fsp3) is 0.285. The monoisotopic (exact) mass is 1880 g/mol. The van der Waals surface area contributed by atoms with Gasteiger partial charge in [-0.25, -0.2) is 0 Å². The number of hydrogen-bond donors (Lipinski definition) is 1. The average Bonchev–Trinajstić information content (AvgIpc) is 0.888. The fourth-order valence-electron chi connectivity index (χ4n) is 16.7. The van der Waals surface area contributed by atoms with Gasteiger partial charge in [0.25, 0.3) is 0 Å². The van der Waals surface area contributed by atoms with Crippen LogP contribution in [-0.4, -0.2) is 36.5 Å². The van der Waals surface area contributed by atoms with Gasteiger partial charge >= 0.3 is 0 Å². The van der Waals surface area contributed by atoms with E-state index >= 15 is 0 Å². The van der Waals surface area contributed by atoms with Crippen molar-refractivity contribution >= 4 is 104 Å². The second-order valence-corrected chi connectivity index (χ2v) is 40.1. The first-order valence-corrected chi connectivity index (χ1v) is 50.9. The summed E-state index contributed by atoms with van der Waals surface area (Å²) in [5.74, 6) is 7.27. The van der Waals surface area contributed by atoms with Crippen LogP contribution in [0.25, 0.3) is 104 Å². The predicted octanol–water partition coefficient (Wildman–Crippen LogP) is 35.3. The Morgan fingerprint density at radius 1 is 0.317 bits per heavy atom. The molecule has 12 nitrogen and oxygen atoms in total. The molecule has 0 bridgehead atoms. The largest absolute Gasteiger partial charge is 0.618 e. The molecule has 0 saturated heterocycles. The molecule has 2 aliphatic rings. The third-order valence-electron chi connectivity index (χ3n) is 25.8. The smallest absolute Gasteiger partial charge is 0.224 e. The molecule has 0 unspecified atom stereocenters. The molecule has 142 heavy (non-hydrogen) atoms. The van der Waals surface area contributed by atoms with Gasteiger partial charge in [0.15, 0.2) is 12.4 Å². The minimum absolute atomic E-state index is 0.458. The Bertz CT molecular complexity index is 7110. The van der Waals surface area contributed by atoms with E-state index < -0.39 is 0 Å². The third-order valence-corrected chi connectivity index (χ3v) is 25.8. The van der Waals surface area contributed by atoms with Crippen molar-refractivity contribution in [2.24, 2.45) is 0 Å². The second-order valence-electron chi connectivity index (χ2n) is 40.1. The van der Waals surface area contributed by atoms with Crippen LogP contribution in [0.2, 0.25) is 0 Å². The van der Waals surface area contributed by atoms with Crippen molar-refractivity contribution in [2.75, 3.05) is 6.61 Å². The normalized spacial score (nSPS) is 11.7. The second kappa shape index (κ2) is 52.1. The molecule has 0 spiro atoms. The van der Waals surface area contributed by atoms with Gasteiger partial charge in [0.2, 0.25) is 11.0 Å². The molecule has 730 valence electrons. The summed E-state index contributed by atoms with van der Waals surface area (Å²) >= 11 is 0. The van der Waals surface area contributed by atoms with Crippen molar-refractivity contribution in [3.05, 3.63) is 447 Å². The van der Waals surface area contributed by atoms with E-state index in [1.165, 1.54) is 140 Å². The standard InChI is InChI=1S/2C12H13NO.5C12H13N.C12H16O.C12H14.C11H13N.C11H12O/c1-9(2)10-5-6-12-11(8-10)4-3-7-13(12)14;1-9(2)11-6-5-10-4-3-7-13(14)12(10)8-11;1-9(2)10-5-3-7-12-11(10)6-4-8-13-12;1-9(2)10-5-6-12-11(8-10)4-3-7-13-12;1-9(2)11-6-5-10-4-3-7-13-12(10)8-11;1-9(2)11-7-10-5-3-4-6-12(10)13-8-11;1-9(2)11-8-7-10-5-3-4-6-12(10)13-11;1-9(2)11-6-5-10-4-3-7-13-12(10)8-11;1-9(2)11-7-6-10-4-3-5-12(10)8-11;1-8(2)10-7-12-11-6-4-3-5-9(10)11;1-8(2)9-3-4-11-10(7-9)5-6-12-11/h2*3-9H,1-2H3;5*3-9H,1-2H3;5-6,8-9H,3-4,7H2,1-2H3;3,5-9H,4H2,1-2H3;3-8,12H,1-2H3;3-8H,1-2H3. The summed E-state index contributed by atoms with van der Waals surface area (Å²) in [5.41, 5.74) is 28.0. The number of aromatic nitrogens is 8. The van der Waals surface area contributed by atoms with Crippen molar-refractivity contribution in [2.45, 2.75) is 237 Å². The molecule has 9 aromatic heterocycles. The van der Waals surface area contributed by atoms with Gasteiger partial charge in [-0.15, -0.1) is 0 Å². The molecule has 0 fully saturated rings. The highest BCUT2D eigenvalue weighted by molar-refractivity contribution is 5.86. The van der Waals surface area contributed by atoms with Crippen LogP contribution in [0.4, 0.5) is 0 Å². The number of nitrogens with zero attached hydrogens (tertiary/aromatic N) is 7. The van der Waals surface area contributed by atoms with Crippen molar-refractivity contribution in [3.63, 3.8) is 0 Å². The summed E-state index contributed by atoms with van der Waals surface area (Å²) in [6.45, 7) is 49.1. The van der Waals surface area contributed by atoms with Crippen LogP contribution in [0.15, 0.2) is 363 Å². The van der Waals surface area contributed by atoms with Crippen LogP contribution < -0.4 is 14.2 Å². The van der Waals surface area contributed by atoms with Gasteiger partial charge in [-0.3, -0.25) is 24.9 Å². The zero-order valence-corrected chi connectivity index (χ0v) is 87.6. The number of fused-ring (bicyclic) bond motifs is 11. The minimum Gasteiger partial charge on any atom is -0.618 e. The van der Waals surface area contributed by atoms with Gasteiger partial charge < -0.3 is 24.6 Å². The summed E-state index contributed by atoms with van der Waals surface area (Å²) in [5, 5.41) is 33.6. The van der Waals surface area contributed by atoms with Gasteiger partial charge in [0.1, 0.15) is 11.3 Å². The summed E-state index contributed by atoms with van der Waals surface area (Å²) in [6.07, 6.45) is 22.3. The summed E-state index contributed by atoms with van der Waals surface area (Å²) in [4.78, 5) is 25.2. The van der Waals surface area contributed by atoms with E-state index in [4.69, 9.17) is 9.15 Å². The Kier molecular flexibility index (Phi) is 39.1. The number of para-hydroxylation sites is 3. The Hall–Kier alpha value is -14.5. The Balaban J connectivity index is 0.000000140. The van der Waals surface area contributed by atoms with Crippen LogP contribution in [0, 0.1) is 10.4 Å². The van der Waals surface area contributed by atoms with E-state index in [2.05, 4.69) is 395 Å². The van der Waals surface area contributed by atoms with E-state index in [9.17, 15) is 10.4 Å². The molecule has 1 aliphatic heterocycles. The number of pyridine rings is 7. The van der Waals surface area contributed by atoms with E-state index in [1.807, 2.05) is 122 Å². The lowest BCUT2D eigenvalue weighted by molar-refractivity contribution is -0.577. The highest BCUT2D eigenvalue weighted by Crippen LogP contribution is 2.33. The number of nitrogens with one attached hydrogen (secondary N) is 1. The number of H-pyrrole nitrogens is 1. The quantitative estimate of drug-likeness (QED) is 0.0983. The van der Waals surface area contributed by atoms with Crippen LogP contribution >= 0.6 is 0 Å². The molecule has 0 radical (unpaired) electrons. The number of aryl methyl sites for hydroxylation is 1. The molecular weight excluding hydrogens is 1740 g/mol. The lowest BCUT2D eigenvalue weighted by atomic mass is 9.98. The molecule has 22 rings (SSSR count). The number of rotatable bonds is 11. The first kappa shape index (κ1) is 106. The van der Waals surface area contributed by atoms with Crippen LogP contribution in [-0.2, 0) is 12.8 Å². The van der Waals surface area contributed by atoms with Crippen LogP contribution in [0.3, 0.4) is 0 Å². The first-order chi connectivity index (χ1) is 68.3. The molecule has 12 heteroatoms. The lowest BCUT2D eigenvalue weighted by Crippen LogP contribution is -2.25. The molecule has 0 saturated carbocycles. The highest BCUT2D eigenvalue weighted by Gasteiger charge is 2.16. The minimum atomic E-state index is 0.458. The maximum atomic E-state index is 11.5. The molecule has 10 heterocycles. The number of aromatic amines is 1. The number of allylic oxidation sites excluding steroid dienone is 1. The predicted molar refractivity (Wildman–Crippen MR) is 603 cm³/mol. The number of ether oxygens (including phenoxy) is 1. The molecule has 1 N–H and O–H groups in total.